The largest absolute Gasteiger partial charge is 0.347 e. The Morgan fingerprint density at radius 1 is 1.18 bits per heavy atom. The van der Waals surface area contributed by atoms with E-state index in [-0.39, 0.29) is 5.91 Å². The highest BCUT2D eigenvalue weighted by atomic mass is 16.3. The number of carbonyl (C=O) groups excluding carboxylic acids is 1. The van der Waals surface area contributed by atoms with Crippen molar-refractivity contribution in [3.05, 3.63) is 35.0 Å². The fourth-order valence-electron chi connectivity index (χ4n) is 1.86. The second-order valence-electron chi connectivity index (χ2n) is 3.94. The van der Waals surface area contributed by atoms with Crippen LogP contribution in [0.25, 0.3) is 0 Å². The molecule has 0 bridgehead atoms. The van der Waals surface area contributed by atoms with Crippen molar-refractivity contribution in [2.45, 2.75) is 18.7 Å². The second kappa shape index (κ2) is 3.46. The summed E-state index contributed by atoms with van der Waals surface area (Å²) in [7, 11) is 0. The number of nitrogens with zero attached hydrogens (tertiary/aromatic N) is 3. The molecule has 1 aromatic rings. The third-order valence-electron chi connectivity index (χ3n) is 2.73. The lowest BCUT2D eigenvalue weighted by molar-refractivity contribution is -0.121. The first-order chi connectivity index (χ1) is 8.17. The SMILES string of the molecule is O=C1CCC(C2(O)N=c3ccccc3=N2)=NN1. The van der Waals surface area contributed by atoms with Gasteiger partial charge in [0, 0.05) is 12.8 Å². The fraction of sp³-hybridized carbons (Fsp3) is 0.273. The number of nitrogens with one attached hydrogen (secondary N) is 1. The number of benzene rings is 1. The van der Waals surface area contributed by atoms with Gasteiger partial charge in [0.05, 0.1) is 10.7 Å². The zero-order valence-corrected chi connectivity index (χ0v) is 8.92. The van der Waals surface area contributed by atoms with Crippen molar-refractivity contribution in [2.75, 3.05) is 0 Å². The van der Waals surface area contributed by atoms with E-state index >= 15 is 0 Å². The lowest BCUT2D eigenvalue weighted by atomic mass is 10.1. The minimum Gasteiger partial charge on any atom is -0.347 e. The summed E-state index contributed by atoms with van der Waals surface area (Å²) in [4.78, 5) is 19.3. The van der Waals surface area contributed by atoms with E-state index in [9.17, 15) is 9.90 Å². The van der Waals surface area contributed by atoms with Gasteiger partial charge in [0.2, 0.25) is 5.91 Å². The smallest absolute Gasteiger partial charge is 0.298 e. The van der Waals surface area contributed by atoms with Crippen LogP contribution < -0.4 is 16.1 Å². The maximum Gasteiger partial charge on any atom is 0.298 e. The maximum absolute atomic E-state index is 11.0. The van der Waals surface area contributed by atoms with E-state index < -0.39 is 5.85 Å². The summed E-state index contributed by atoms with van der Waals surface area (Å²) in [5, 5.41) is 15.4. The summed E-state index contributed by atoms with van der Waals surface area (Å²) in [6.45, 7) is 0. The van der Waals surface area contributed by atoms with Crippen molar-refractivity contribution in [3.8, 4) is 0 Å². The molecule has 2 aliphatic heterocycles. The first-order valence-corrected chi connectivity index (χ1v) is 5.30. The number of hydrazone groups is 1. The van der Waals surface area contributed by atoms with Gasteiger partial charge < -0.3 is 5.11 Å². The van der Waals surface area contributed by atoms with Crippen LogP contribution in [0.4, 0.5) is 0 Å². The molecular formula is C11H10N4O2. The molecule has 0 radical (unpaired) electrons. The van der Waals surface area contributed by atoms with Gasteiger partial charge in [-0.25, -0.2) is 15.4 Å². The van der Waals surface area contributed by atoms with Crippen LogP contribution in [-0.4, -0.2) is 22.6 Å². The average Bonchev–Trinajstić information content (AvgIpc) is 2.67. The van der Waals surface area contributed by atoms with E-state index in [1.807, 2.05) is 12.1 Å². The van der Waals surface area contributed by atoms with E-state index in [1.165, 1.54) is 0 Å². The predicted octanol–water partition coefficient (Wildman–Crippen LogP) is -1.15. The molecule has 0 saturated carbocycles. The molecule has 0 fully saturated rings. The van der Waals surface area contributed by atoms with Gasteiger partial charge in [-0.15, -0.1) is 0 Å². The number of para-hydroxylation sites is 2. The van der Waals surface area contributed by atoms with Crippen molar-refractivity contribution >= 4 is 11.6 Å². The maximum atomic E-state index is 11.0. The quantitative estimate of drug-likeness (QED) is 0.638. The van der Waals surface area contributed by atoms with Gasteiger partial charge in [-0.05, 0) is 12.1 Å². The first-order valence-electron chi connectivity index (χ1n) is 5.30. The summed E-state index contributed by atoms with van der Waals surface area (Å²) in [5.74, 6) is -1.81. The number of rotatable bonds is 1. The molecule has 6 heteroatoms. The highest BCUT2D eigenvalue weighted by molar-refractivity contribution is 5.97. The minimum atomic E-state index is -1.66. The highest BCUT2D eigenvalue weighted by Crippen LogP contribution is 2.17. The predicted molar refractivity (Wildman–Crippen MR) is 58.5 cm³/mol. The van der Waals surface area contributed by atoms with E-state index in [4.69, 9.17) is 0 Å². The van der Waals surface area contributed by atoms with Crippen molar-refractivity contribution in [3.63, 3.8) is 0 Å². The Morgan fingerprint density at radius 3 is 2.35 bits per heavy atom. The summed E-state index contributed by atoms with van der Waals surface area (Å²) >= 11 is 0. The Bertz CT molecular complexity index is 600. The van der Waals surface area contributed by atoms with Gasteiger partial charge >= 0.3 is 0 Å². The van der Waals surface area contributed by atoms with Gasteiger partial charge in [0.15, 0.2) is 0 Å². The summed E-state index contributed by atoms with van der Waals surface area (Å²) in [5.41, 5.74) is 2.70. The Morgan fingerprint density at radius 2 is 1.82 bits per heavy atom. The summed E-state index contributed by atoms with van der Waals surface area (Å²) in [6.07, 6.45) is 0.659. The molecule has 0 unspecified atom stereocenters. The monoisotopic (exact) mass is 230 g/mol. The zero-order valence-electron chi connectivity index (χ0n) is 8.92. The Hall–Kier alpha value is -2.08. The van der Waals surface area contributed by atoms with E-state index in [2.05, 4.69) is 20.5 Å². The molecule has 0 saturated heterocycles. The van der Waals surface area contributed by atoms with Crippen LogP contribution in [0.15, 0.2) is 39.4 Å². The number of amides is 1. The third-order valence-corrected chi connectivity index (χ3v) is 2.73. The highest BCUT2D eigenvalue weighted by Gasteiger charge is 2.36. The molecule has 3 rings (SSSR count). The number of hydrogen-bond donors (Lipinski definition) is 2. The van der Waals surface area contributed by atoms with Crippen LogP contribution in [0.1, 0.15) is 12.8 Å². The summed E-state index contributed by atoms with van der Waals surface area (Å²) in [6, 6.07) is 7.21. The van der Waals surface area contributed by atoms with Gasteiger partial charge in [-0.1, -0.05) is 12.1 Å². The van der Waals surface area contributed by atoms with Crippen LogP contribution in [0, 0.1) is 0 Å². The lowest BCUT2D eigenvalue weighted by Gasteiger charge is -2.20. The van der Waals surface area contributed by atoms with Gasteiger partial charge in [0.1, 0.15) is 5.71 Å². The molecule has 2 N–H and O–H groups in total. The second-order valence-corrected chi connectivity index (χ2v) is 3.94. The normalized spacial score (nSPS) is 20.8. The number of hydrogen-bond acceptors (Lipinski definition) is 5. The van der Waals surface area contributed by atoms with Crippen molar-refractivity contribution in [2.24, 2.45) is 15.1 Å². The number of aliphatic hydroxyl groups is 1. The first kappa shape index (κ1) is 10.1. The molecule has 0 aliphatic carbocycles. The number of carbonyl (C=O) groups is 1. The Balaban J connectivity index is 2.06. The minimum absolute atomic E-state index is 0.159. The van der Waals surface area contributed by atoms with E-state index in [1.54, 1.807) is 12.1 Å². The molecule has 86 valence electrons. The zero-order chi connectivity index (χ0) is 11.9. The third kappa shape index (κ3) is 1.62. The topological polar surface area (TPSA) is 86.4 Å². The molecular weight excluding hydrogens is 220 g/mol. The molecule has 6 nitrogen and oxygen atoms in total. The molecule has 2 heterocycles. The molecule has 17 heavy (non-hydrogen) atoms. The van der Waals surface area contributed by atoms with Crippen LogP contribution in [0.3, 0.4) is 0 Å². The molecule has 0 spiro atoms. The van der Waals surface area contributed by atoms with E-state index in [0.29, 0.717) is 29.3 Å². The van der Waals surface area contributed by atoms with Crippen molar-refractivity contribution in [1.29, 1.82) is 0 Å². The average molecular weight is 230 g/mol. The van der Waals surface area contributed by atoms with Gasteiger partial charge in [0.25, 0.3) is 5.85 Å². The Kier molecular flexibility index (Phi) is 2.05. The van der Waals surface area contributed by atoms with Crippen LogP contribution in [-0.2, 0) is 4.79 Å². The molecule has 0 aromatic heterocycles. The molecule has 2 aliphatic rings. The standard InChI is InChI=1S/C11H10N4O2/c16-10-6-5-9(14-15-10)11(17)12-7-3-1-2-4-8(7)13-11/h1-4,17H,5-6H2,(H,15,16). The molecule has 0 atom stereocenters. The van der Waals surface area contributed by atoms with Crippen molar-refractivity contribution < 1.29 is 9.90 Å². The van der Waals surface area contributed by atoms with E-state index in [0.717, 1.165) is 0 Å². The van der Waals surface area contributed by atoms with Crippen LogP contribution in [0.5, 0.6) is 0 Å². The van der Waals surface area contributed by atoms with Crippen LogP contribution >= 0.6 is 0 Å². The fourth-order valence-corrected chi connectivity index (χ4v) is 1.86. The lowest BCUT2D eigenvalue weighted by Crippen LogP contribution is -2.39. The number of fused-ring (bicyclic) bond motifs is 1. The van der Waals surface area contributed by atoms with Gasteiger partial charge in [-0.2, -0.15) is 5.10 Å². The van der Waals surface area contributed by atoms with Crippen LogP contribution in [0.2, 0.25) is 0 Å². The van der Waals surface area contributed by atoms with Crippen molar-refractivity contribution in [1.82, 2.24) is 5.43 Å². The summed E-state index contributed by atoms with van der Waals surface area (Å²) < 4.78 is 0. The van der Waals surface area contributed by atoms with Gasteiger partial charge in [-0.3, -0.25) is 4.79 Å². The molecule has 1 aromatic carbocycles. The Labute approximate surface area is 96.4 Å². The molecule has 1 amide bonds.